The van der Waals surface area contributed by atoms with Crippen LogP contribution < -0.4 is 10.1 Å². The van der Waals surface area contributed by atoms with Gasteiger partial charge in [0, 0.05) is 31.5 Å². The number of amides is 2. The molecule has 0 spiro atoms. The summed E-state index contributed by atoms with van der Waals surface area (Å²) in [6.07, 6.45) is 2.68. The molecule has 1 heterocycles. The fourth-order valence-electron chi connectivity index (χ4n) is 2.77. The Morgan fingerprint density at radius 2 is 2.04 bits per heavy atom. The molecule has 1 aromatic rings. The van der Waals surface area contributed by atoms with Gasteiger partial charge in [-0.2, -0.15) is 0 Å². The lowest BCUT2D eigenvalue weighted by molar-refractivity contribution is -0.134. The number of halogens is 1. The van der Waals surface area contributed by atoms with Gasteiger partial charge in [-0.1, -0.05) is 6.92 Å². The summed E-state index contributed by atoms with van der Waals surface area (Å²) in [5.74, 6) is -0.212. The minimum Gasteiger partial charge on any atom is -0.494 e. The predicted octanol–water partition coefficient (Wildman–Crippen LogP) is 2.81. The summed E-state index contributed by atoms with van der Waals surface area (Å²) >= 11 is 0. The highest BCUT2D eigenvalue weighted by Crippen LogP contribution is 2.27. The Bertz CT molecular complexity index is 569. The predicted molar refractivity (Wildman–Crippen MR) is 85.8 cm³/mol. The summed E-state index contributed by atoms with van der Waals surface area (Å²) in [5.41, 5.74) is 0.461. The number of piperidine rings is 1. The molecular formula is C17H23FN2O3. The molecular weight excluding hydrogens is 299 g/mol. The second-order valence-electron chi connectivity index (χ2n) is 5.74. The van der Waals surface area contributed by atoms with Crippen molar-refractivity contribution < 1.29 is 18.7 Å². The largest absolute Gasteiger partial charge is 0.494 e. The number of ether oxygens (including phenoxy) is 1. The van der Waals surface area contributed by atoms with Crippen molar-refractivity contribution in [2.45, 2.75) is 32.6 Å². The maximum atomic E-state index is 13.2. The Kier molecular flexibility index (Phi) is 5.96. The first-order valence-corrected chi connectivity index (χ1v) is 7.97. The van der Waals surface area contributed by atoms with Crippen LogP contribution in [0.2, 0.25) is 0 Å². The number of anilines is 1. The van der Waals surface area contributed by atoms with Gasteiger partial charge in [-0.3, -0.25) is 9.59 Å². The average molecular weight is 322 g/mol. The maximum Gasteiger partial charge on any atom is 0.227 e. The van der Waals surface area contributed by atoms with Crippen molar-refractivity contribution in [2.24, 2.45) is 5.92 Å². The molecule has 0 unspecified atom stereocenters. The third-order valence-corrected chi connectivity index (χ3v) is 4.10. The number of benzene rings is 1. The molecule has 0 radical (unpaired) electrons. The standard InChI is InChI=1S/C17H23FN2O3/c1-3-4-16(21)20-9-7-12(8-10-20)17(22)19-14-6-5-13(18)11-15(14)23-2/h5-6,11-12H,3-4,7-10H2,1-2H3,(H,19,22). The molecule has 1 fully saturated rings. The van der Waals surface area contributed by atoms with E-state index in [0.717, 1.165) is 6.42 Å². The number of carbonyl (C=O) groups is 2. The first-order valence-electron chi connectivity index (χ1n) is 7.97. The fraction of sp³-hybridized carbons (Fsp3) is 0.529. The van der Waals surface area contributed by atoms with E-state index >= 15 is 0 Å². The SMILES string of the molecule is CCCC(=O)N1CCC(C(=O)Nc2ccc(F)cc2OC)CC1. The van der Waals surface area contributed by atoms with Crippen molar-refractivity contribution in [2.75, 3.05) is 25.5 Å². The minimum absolute atomic E-state index is 0.113. The van der Waals surface area contributed by atoms with Crippen LogP contribution in [0.4, 0.5) is 10.1 Å². The zero-order chi connectivity index (χ0) is 16.8. The quantitative estimate of drug-likeness (QED) is 0.907. The molecule has 2 rings (SSSR count). The van der Waals surface area contributed by atoms with E-state index in [4.69, 9.17) is 4.74 Å². The first kappa shape index (κ1) is 17.2. The van der Waals surface area contributed by atoms with Crippen LogP contribution >= 0.6 is 0 Å². The van der Waals surface area contributed by atoms with E-state index in [1.807, 2.05) is 11.8 Å². The van der Waals surface area contributed by atoms with Gasteiger partial charge in [0.25, 0.3) is 0 Å². The number of nitrogens with zero attached hydrogens (tertiary/aromatic N) is 1. The van der Waals surface area contributed by atoms with Gasteiger partial charge in [-0.15, -0.1) is 0 Å². The highest BCUT2D eigenvalue weighted by atomic mass is 19.1. The topological polar surface area (TPSA) is 58.6 Å². The van der Waals surface area contributed by atoms with Crippen LogP contribution in [0.1, 0.15) is 32.6 Å². The summed E-state index contributed by atoms with van der Waals surface area (Å²) in [6, 6.07) is 4.01. The van der Waals surface area contributed by atoms with Gasteiger partial charge in [0.05, 0.1) is 12.8 Å². The monoisotopic (exact) mass is 322 g/mol. The number of nitrogens with one attached hydrogen (secondary N) is 1. The first-order chi connectivity index (χ1) is 11.0. The van der Waals surface area contributed by atoms with Crippen LogP contribution in [-0.4, -0.2) is 36.9 Å². The zero-order valence-electron chi connectivity index (χ0n) is 13.6. The molecule has 0 bridgehead atoms. The minimum atomic E-state index is -0.414. The summed E-state index contributed by atoms with van der Waals surface area (Å²) < 4.78 is 18.3. The summed E-state index contributed by atoms with van der Waals surface area (Å²) in [6.45, 7) is 3.20. The number of rotatable bonds is 5. The molecule has 5 nitrogen and oxygen atoms in total. The van der Waals surface area contributed by atoms with E-state index in [1.54, 1.807) is 0 Å². The molecule has 6 heteroatoms. The van der Waals surface area contributed by atoms with Crippen LogP contribution in [-0.2, 0) is 9.59 Å². The molecule has 0 atom stereocenters. The van der Waals surface area contributed by atoms with Crippen LogP contribution in [0.25, 0.3) is 0 Å². The van der Waals surface area contributed by atoms with Crippen LogP contribution in [0.5, 0.6) is 5.75 Å². The molecule has 0 aliphatic carbocycles. The van der Waals surface area contributed by atoms with Gasteiger partial charge < -0.3 is 15.0 Å². The second kappa shape index (κ2) is 7.94. The van der Waals surface area contributed by atoms with Gasteiger partial charge in [0.2, 0.25) is 11.8 Å². The molecule has 0 saturated carbocycles. The second-order valence-corrected chi connectivity index (χ2v) is 5.74. The lowest BCUT2D eigenvalue weighted by atomic mass is 9.95. The number of hydrogen-bond donors (Lipinski definition) is 1. The van der Waals surface area contributed by atoms with Crippen molar-refractivity contribution in [3.05, 3.63) is 24.0 Å². The van der Waals surface area contributed by atoms with E-state index in [9.17, 15) is 14.0 Å². The van der Waals surface area contributed by atoms with Crippen molar-refractivity contribution in [3.8, 4) is 5.75 Å². The molecule has 1 aliphatic rings. The maximum absolute atomic E-state index is 13.2. The average Bonchev–Trinajstić information content (AvgIpc) is 2.56. The van der Waals surface area contributed by atoms with E-state index in [1.165, 1.54) is 25.3 Å². The van der Waals surface area contributed by atoms with Crippen molar-refractivity contribution in [1.29, 1.82) is 0 Å². The molecule has 0 aromatic heterocycles. The highest BCUT2D eigenvalue weighted by molar-refractivity contribution is 5.94. The number of methoxy groups -OCH3 is 1. The zero-order valence-corrected chi connectivity index (χ0v) is 13.6. The Labute approximate surface area is 135 Å². The molecule has 2 amide bonds. The van der Waals surface area contributed by atoms with E-state index < -0.39 is 5.82 Å². The Morgan fingerprint density at radius 1 is 1.35 bits per heavy atom. The van der Waals surface area contributed by atoms with Gasteiger partial charge in [-0.05, 0) is 31.4 Å². The number of carbonyl (C=O) groups excluding carboxylic acids is 2. The Morgan fingerprint density at radius 3 is 2.65 bits per heavy atom. The molecule has 1 N–H and O–H groups in total. The summed E-state index contributed by atoms with van der Waals surface area (Å²) in [5, 5.41) is 2.79. The third-order valence-electron chi connectivity index (χ3n) is 4.10. The highest BCUT2D eigenvalue weighted by Gasteiger charge is 2.27. The number of hydrogen-bond acceptors (Lipinski definition) is 3. The summed E-state index contributed by atoms with van der Waals surface area (Å²) in [7, 11) is 1.43. The van der Waals surface area contributed by atoms with Gasteiger partial charge in [0.1, 0.15) is 11.6 Å². The molecule has 1 saturated heterocycles. The lowest BCUT2D eigenvalue weighted by Crippen LogP contribution is -2.41. The fourth-order valence-corrected chi connectivity index (χ4v) is 2.77. The van der Waals surface area contributed by atoms with Gasteiger partial charge in [0.15, 0.2) is 0 Å². The smallest absolute Gasteiger partial charge is 0.227 e. The molecule has 126 valence electrons. The normalized spacial score (nSPS) is 15.3. The Hall–Kier alpha value is -2.11. The van der Waals surface area contributed by atoms with Gasteiger partial charge >= 0.3 is 0 Å². The van der Waals surface area contributed by atoms with Crippen LogP contribution in [0, 0.1) is 11.7 Å². The lowest BCUT2D eigenvalue weighted by Gasteiger charge is -2.31. The number of likely N-dealkylation sites (tertiary alicyclic amines) is 1. The van der Waals surface area contributed by atoms with Crippen molar-refractivity contribution in [3.63, 3.8) is 0 Å². The molecule has 1 aliphatic heterocycles. The van der Waals surface area contributed by atoms with E-state index in [2.05, 4.69) is 5.32 Å². The van der Waals surface area contributed by atoms with E-state index in [0.29, 0.717) is 43.8 Å². The van der Waals surface area contributed by atoms with Crippen molar-refractivity contribution in [1.82, 2.24) is 4.90 Å². The van der Waals surface area contributed by atoms with Crippen molar-refractivity contribution >= 4 is 17.5 Å². The van der Waals surface area contributed by atoms with Crippen LogP contribution in [0.15, 0.2) is 18.2 Å². The molecule has 23 heavy (non-hydrogen) atoms. The van der Waals surface area contributed by atoms with Gasteiger partial charge in [-0.25, -0.2) is 4.39 Å². The van der Waals surface area contributed by atoms with E-state index in [-0.39, 0.29) is 17.7 Å². The summed E-state index contributed by atoms with van der Waals surface area (Å²) in [4.78, 5) is 26.0. The Balaban J connectivity index is 1.92. The third kappa shape index (κ3) is 4.43. The van der Waals surface area contributed by atoms with Crippen LogP contribution in [0.3, 0.4) is 0 Å². The molecule has 1 aromatic carbocycles.